The third-order valence-electron chi connectivity index (χ3n) is 12.2. The van der Waals surface area contributed by atoms with Crippen LogP contribution in [0, 0.1) is 0 Å². The highest BCUT2D eigenvalue weighted by molar-refractivity contribution is 6.20. The Kier molecular flexibility index (Phi) is 11.0. The van der Waals surface area contributed by atoms with Crippen molar-refractivity contribution in [2.24, 2.45) is 4.99 Å². The second kappa shape index (κ2) is 16.9. The summed E-state index contributed by atoms with van der Waals surface area (Å²) in [6.07, 6.45) is 2.26. The van der Waals surface area contributed by atoms with Crippen molar-refractivity contribution >= 4 is 16.9 Å². The van der Waals surface area contributed by atoms with E-state index in [2.05, 4.69) is 229 Å². The van der Waals surface area contributed by atoms with Gasteiger partial charge in [0.05, 0.1) is 24.2 Å². The zero-order valence-electron chi connectivity index (χ0n) is 37.3. The third-order valence-corrected chi connectivity index (χ3v) is 12.2. The molecule has 0 amide bonds. The summed E-state index contributed by atoms with van der Waals surface area (Å²) in [5, 5.41) is 0. The van der Waals surface area contributed by atoms with Gasteiger partial charge in [0.1, 0.15) is 5.75 Å². The molecule has 7 aromatic carbocycles. The summed E-state index contributed by atoms with van der Waals surface area (Å²) >= 11 is 0. The van der Waals surface area contributed by atoms with E-state index in [9.17, 15) is 0 Å². The fourth-order valence-corrected chi connectivity index (χ4v) is 8.41. The van der Waals surface area contributed by atoms with Crippen molar-refractivity contribution in [2.45, 2.75) is 52.4 Å². The second-order valence-electron chi connectivity index (χ2n) is 18.5. The Hall–Kier alpha value is -7.23. The summed E-state index contributed by atoms with van der Waals surface area (Å²) in [5.41, 5.74) is 19.9. The number of nitrogens with one attached hydrogen (secondary N) is 1. The molecule has 0 unspecified atom stereocenters. The predicted octanol–water partition coefficient (Wildman–Crippen LogP) is 15.6. The van der Waals surface area contributed by atoms with E-state index in [4.69, 9.17) is 9.73 Å². The van der Waals surface area contributed by atoms with Crippen LogP contribution in [0.15, 0.2) is 205 Å². The van der Waals surface area contributed by atoms with Gasteiger partial charge in [-0.15, -0.1) is 0 Å². The molecular weight excluding hydrogens is 765 g/mol. The Morgan fingerprint density at radius 1 is 0.460 bits per heavy atom. The van der Waals surface area contributed by atoms with Crippen molar-refractivity contribution in [3.8, 4) is 50.4 Å². The lowest BCUT2D eigenvalue weighted by Gasteiger charge is -2.19. The molecule has 0 spiro atoms. The van der Waals surface area contributed by atoms with Gasteiger partial charge in [0.2, 0.25) is 0 Å². The SMILES string of the molecule is COc1ccc(/C(=C2/N=C(c3ccc(-c4ccccc4)cc3)C=C2c2ccc(-c3ccccc3)cc2)c2[nH]c(-c3ccc(C(C)(C)C)cc3)cc2-c2ccc(C(C)(C)C)cc2)cc1. The number of aromatic amines is 1. The molecule has 0 fully saturated rings. The zero-order chi connectivity index (χ0) is 43.7. The van der Waals surface area contributed by atoms with Crippen molar-refractivity contribution in [2.75, 3.05) is 7.11 Å². The number of hydrogen-bond donors (Lipinski definition) is 1. The van der Waals surface area contributed by atoms with E-state index in [-0.39, 0.29) is 10.8 Å². The number of H-pyrrole nitrogens is 1. The number of aromatic nitrogens is 1. The lowest BCUT2D eigenvalue weighted by atomic mass is 9.85. The van der Waals surface area contributed by atoms with Gasteiger partial charge in [0.25, 0.3) is 0 Å². The first kappa shape index (κ1) is 41.1. The molecule has 9 rings (SSSR count). The summed E-state index contributed by atoms with van der Waals surface area (Å²) in [7, 11) is 1.71. The second-order valence-corrected chi connectivity index (χ2v) is 18.5. The fraction of sp³-hybridized carbons (Fsp3) is 0.150. The van der Waals surface area contributed by atoms with Gasteiger partial charge in [0.15, 0.2) is 0 Å². The third kappa shape index (κ3) is 8.65. The number of benzene rings is 7. The monoisotopic (exact) mass is 818 g/mol. The van der Waals surface area contributed by atoms with Gasteiger partial charge in [-0.3, -0.25) is 0 Å². The van der Waals surface area contributed by atoms with E-state index in [1.807, 2.05) is 12.1 Å². The van der Waals surface area contributed by atoms with E-state index in [0.717, 1.165) is 73.1 Å². The molecule has 8 aromatic rings. The maximum atomic E-state index is 5.70. The maximum Gasteiger partial charge on any atom is 0.118 e. The fourth-order valence-electron chi connectivity index (χ4n) is 8.41. The van der Waals surface area contributed by atoms with Crippen molar-refractivity contribution in [3.05, 3.63) is 233 Å². The molecule has 1 N–H and O–H groups in total. The molecular formula is C60H54N2O. The normalized spacial score (nSPS) is 13.7. The molecule has 3 nitrogen and oxygen atoms in total. The van der Waals surface area contributed by atoms with Gasteiger partial charge in [-0.2, -0.15) is 0 Å². The van der Waals surface area contributed by atoms with Crippen LogP contribution in [0.5, 0.6) is 5.75 Å². The molecule has 1 aliphatic rings. The first-order valence-electron chi connectivity index (χ1n) is 21.9. The van der Waals surface area contributed by atoms with E-state index in [1.54, 1.807) is 7.11 Å². The molecule has 0 saturated heterocycles. The van der Waals surface area contributed by atoms with Gasteiger partial charge < -0.3 is 9.72 Å². The van der Waals surface area contributed by atoms with Crippen LogP contribution in [-0.4, -0.2) is 17.8 Å². The number of hydrogen-bond acceptors (Lipinski definition) is 2. The van der Waals surface area contributed by atoms with E-state index in [1.165, 1.54) is 33.4 Å². The molecule has 63 heavy (non-hydrogen) atoms. The molecule has 1 aliphatic heterocycles. The number of nitrogens with zero attached hydrogens (tertiary/aromatic N) is 1. The lowest BCUT2D eigenvalue weighted by Crippen LogP contribution is -2.10. The Morgan fingerprint density at radius 3 is 1.40 bits per heavy atom. The maximum absolute atomic E-state index is 5.70. The van der Waals surface area contributed by atoms with Crippen LogP contribution in [0.2, 0.25) is 0 Å². The van der Waals surface area contributed by atoms with Crippen LogP contribution < -0.4 is 4.74 Å². The van der Waals surface area contributed by atoms with Crippen molar-refractivity contribution < 1.29 is 4.74 Å². The Labute approximate surface area is 373 Å². The molecule has 0 atom stereocenters. The Morgan fingerprint density at radius 2 is 0.905 bits per heavy atom. The van der Waals surface area contributed by atoms with Crippen LogP contribution in [0.1, 0.15) is 75.1 Å². The largest absolute Gasteiger partial charge is 0.497 e. The van der Waals surface area contributed by atoms with E-state index >= 15 is 0 Å². The molecule has 1 aromatic heterocycles. The van der Waals surface area contributed by atoms with Crippen LogP contribution in [0.25, 0.3) is 55.8 Å². The summed E-state index contributed by atoms with van der Waals surface area (Å²) in [5.74, 6) is 0.800. The molecule has 0 saturated carbocycles. The summed E-state index contributed by atoms with van der Waals surface area (Å²) < 4.78 is 5.70. The van der Waals surface area contributed by atoms with Gasteiger partial charge in [-0.25, -0.2) is 4.99 Å². The van der Waals surface area contributed by atoms with Crippen LogP contribution in [0.3, 0.4) is 0 Å². The predicted molar refractivity (Wildman–Crippen MR) is 266 cm³/mol. The first-order valence-corrected chi connectivity index (χ1v) is 21.9. The Balaban J connectivity index is 1.29. The summed E-state index contributed by atoms with van der Waals surface area (Å²) in [6.45, 7) is 13.6. The first-order chi connectivity index (χ1) is 30.4. The molecule has 2 heterocycles. The molecule has 0 radical (unpaired) electrons. The average molecular weight is 819 g/mol. The smallest absolute Gasteiger partial charge is 0.118 e. The van der Waals surface area contributed by atoms with Crippen LogP contribution in [0.4, 0.5) is 0 Å². The van der Waals surface area contributed by atoms with Gasteiger partial charge >= 0.3 is 0 Å². The number of allylic oxidation sites excluding steroid dienone is 2. The lowest BCUT2D eigenvalue weighted by molar-refractivity contribution is 0.415. The minimum Gasteiger partial charge on any atom is -0.497 e. The van der Waals surface area contributed by atoms with Gasteiger partial charge in [-0.1, -0.05) is 211 Å². The van der Waals surface area contributed by atoms with Crippen LogP contribution >= 0.6 is 0 Å². The van der Waals surface area contributed by atoms with Gasteiger partial charge in [-0.05, 0) is 90.7 Å². The van der Waals surface area contributed by atoms with E-state index < -0.39 is 0 Å². The minimum absolute atomic E-state index is 0.0275. The zero-order valence-corrected chi connectivity index (χ0v) is 37.3. The number of aliphatic imine (C=N–C) groups is 1. The molecule has 0 aliphatic carbocycles. The average Bonchev–Trinajstić information content (AvgIpc) is 3.96. The number of methoxy groups -OCH3 is 1. The highest BCUT2D eigenvalue weighted by atomic mass is 16.5. The molecule has 310 valence electrons. The number of rotatable bonds is 9. The van der Waals surface area contributed by atoms with Crippen molar-refractivity contribution in [1.29, 1.82) is 0 Å². The van der Waals surface area contributed by atoms with Crippen molar-refractivity contribution in [1.82, 2.24) is 4.98 Å². The molecule has 0 bridgehead atoms. The summed E-state index contributed by atoms with van der Waals surface area (Å²) in [6, 6.07) is 67.6. The highest BCUT2D eigenvalue weighted by Crippen LogP contribution is 2.44. The highest BCUT2D eigenvalue weighted by Gasteiger charge is 2.27. The molecule has 3 heteroatoms. The van der Waals surface area contributed by atoms with Crippen LogP contribution in [-0.2, 0) is 10.8 Å². The number of ether oxygens (including phenoxy) is 1. The van der Waals surface area contributed by atoms with Gasteiger partial charge in [0, 0.05) is 28.0 Å². The summed E-state index contributed by atoms with van der Waals surface area (Å²) in [4.78, 5) is 9.65. The Bertz CT molecular complexity index is 2950. The van der Waals surface area contributed by atoms with E-state index in [0.29, 0.717) is 0 Å². The topological polar surface area (TPSA) is 37.4 Å². The quantitative estimate of drug-likeness (QED) is 0.155. The minimum atomic E-state index is 0.0275. The van der Waals surface area contributed by atoms with Crippen molar-refractivity contribution in [3.63, 3.8) is 0 Å². The standard InChI is InChI=1S/C60H54N2O/c1-59(2,3)49-32-26-45(27-33-49)53-39-55(47-28-34-50(35-29-47)60(4,5)6)62-58(53)56(48-30-36-51(63-7)37-31-48)57-52(44-22-18-42(19-23-44)40-14-10-8-11-15-40)38-54(61-57)46-24-20-43(21-25-46)41-16-12-9-13-17-41/h8-39,62H,1-7H3/b57-56-.